The van der Waals surface area contributed by atoms with Crippen LogP contribution in [0.2, 0.25) is 5.02 Å². The highest BCUT2D eigenvalue weighted by Gasteiger charge is 2.12. The van der Waals surface area contributed by atoms with Gasteiger partial charge < -0.3 is 10.4 Å². The Kier molecular flexibility index (Phi) is 8.78. The van der Waals surface area contributed by atoms with E-state index in [-0.39, 0.29) is 18.1 Å². The number of hydrogen-bond acceptors (Lipinski definition) is 3. The largest absolute Gasteiger partial charge is 0.388 e. The molecule has 0 saturated heterocycles. The number of nitrogens with one attached hydrogen (secondary N) is 1. The quantitative estimate of drug-likeness (QED) is 0.497. The zero-order chi connectivity index (χ0) is 20.1. The average molecular weight is 438 g/mol. The first-order valence-corrected chi connectivity index (χ1v) is 10.1. The van der Waals surface area contributed by atoms with Crippen molar-refractivity contribution in [3.63, 3.8) is 0 Å². The number of nitrogens with zero attached hydrogens (tertiary/aromatic N) is 2. The molecule has 0 aliphatic carbocycles. The maximum atomic E-state index is 12.0. The number of halogens is 2. The van der Waals surface area contributed by atoms with Gasteiger partial charge in [0.25, 0.3) is 0 Å². The summed E-state index contributed by atoms with van der Waals surface area (Å²) in [5.74, 6) is 0. The third kappa shape index (κ3) is 5.64. The fourth-order valence-corrected chi connectivity index (χ4v) is 3.76. The Labute approximate surface area is 182 Å². The maximum Gasteiger partial charge on any atom is 0.328 e. The van der Waals surface area contributed by atoms with E-state index in [1.54, 1.807) is 23.2 Å². The van der Waals surface area contributed by atoms with Crippen molar-refractivity contribution in [1.82, 2.24) is 14.5 Å². The van der Waals surface area contributed by atoms with E-state index in [1.165, 1.54) is 0 Å². The summed E-state index contributed by atoms with van der Waals surface area (Å²) < 4.78 is 3.24. The van der Waals surface area contributed by atoms with Crippen LogP contribution in [0, 0.1) is 0 Å². The first-order chi connectivity index (χ1) is 13.5. The van der Waals surface area contributed by atoms with Gasteiger partial charge in [-0.2, -0.15) is 0 Å². The van der Waals surface area contributed by atoms with E-state index in [0.29, 0.717) is 6.42 Å². The Morgan fingerprint density at radius 1 is 1.03 bits per heavy atom. The molecular formula is C22H29Cl2N3O2. The molecule has 3 rings (SSSR count). The van der Waals surface area contributed by atoms with Crippen molar-refractivity contribution >= 4 is 35.0 Å². The van der Waals surface area contributed by atoms with Crippen LogP contribution in [0.15, 0.2) is 47.3 Å². The van der Waals surface area contributed by atoms with Crippen LogP contribution in [-0.4, -0.2) is 27.3 Å². The highest BCUT2D eigenvalue weighted by atomic mass is 35.5. The second kappa shape index (κ2) is 10.8. The molecule has 0 aliphatic rings. The minimum absolute atomic E-state index is 0. The molecule has 0 radical (unpaired) electrons. The molecule has 0 bridgehead atoms. The van der Waals surface area contributed by atoms with Crippen molar-refractivity contribution in [2.24, 2.45) is 14.1 Å². The zero-order valence-electron chi connectivity index (χ0n) is 16.9. The van der Waals surface area contributed by atoms with Crippen LogP contribution in [0.4, 0.5) is 0 Å². The van der Waals surface area contributed by atoms with Crippen LogP contribution in [0.25, 0.3) is 11.0 Å². The van der Waals surface area contributed by atoms with Gasteiger partial charge in [-0.1, -0.05) is 35.9 Å². The number of hydrogen-bond donors (Lipinski definition) is 2. The van der Waals surface area contributed by atoms with Crippen molar-refractivity contribution in [3.05, 3.63) is 69.1 Å². The van der Waals surface area contributed by atoms with Gasteiger partial charge in [-0.25, -0.2) is 4.79 Å². The molecule has 7 heteroatoms. The lowest BCUT2D eigenvalue weighted by Crippen LogP contribution is -2.19. The fraction of sp³-hybridized carbons (Fsp3) is 0.409. The second-order valence-electron chi connectivity index (χ2n) is 7.25. The zero-order valence-corrected chi connectivity index (χ0v) is 18.5. The number of rotatable bonds is 9. The van der Waals surface area contributed by atoms with E-state index in [0.717, 1.165) is 59.5 Å². The minimum Gasteiger partial charge on any atom is -0.388 e. The van der Waals surface area contributed by atoms with Crippen LogP contribution < -0.4 is 11.0 Å². The Hall–Kier alpha value is -1.79. The number of unbranched alkanes of at least 4 members (excludes halogenated alkanes) is 1. The standard InChI is InChI=1S/C22H28ClN3O2.ClH/c1-25-19-11-10-17(15-20(19)26(2)22(25)28)21(27)9-5-6-13-24-14-12-16-7-3-4-8-18(16)23;/h3-4,7-8,10-11,15,21,24,27H,5-6,9,12-14H2,1-2H3;1H. The molecule has 0 saturated carbocycles. The predicted molar refractivity (Wildman–Crippen MR) is 122 cm³/mol. The van der Waals surface area contributed by atoms with Gasteiger partial charge in [0.1, 0.15) is 0 Å². The second-order valence-corrected chi connectivity index (χ2v) is 7.66. The number of aryl methyl sites for hydroxylation is 2. The van der Waals surface area contributed by atoms with Crippen molar-refractivity contribution in [2.45, 2.75) is 31.8 Å². The summed E-state index contributed by atoms with van der Waals surface area (Å²) in [6.07, 6.45) is 3.05. The Bertz CT molecular complexity index is 997. The molecule has 3 aromatic rings. The summed E-state index contributed by atoms with van der Waals surface area (Å²) in [4.78, 5) is 12.0. The Morgan fingerprint density at radius 3 is 2.52 bits per heavy atom. The van der Waals surface area contributed by atoms with Crippen LogP contribution >= 0.6 is 24.0 Å². The molecular weight excluding hydrogens is 409 g/mol. The van der Waals surface area contributed by atoms with Crippen LogP contribution in [0.1, 0.15) is 36.5 Å². The number of aliphatic hydroxyl groups excluding tert-OH is 1. The molecule has 1 heterocycles. The number of aromatic nitrogens is 2. The van der Waals surface area contributed by atoms with E-state index in [2.05, 4.69) is 11.4 Å². The number of imidazole rings is 1. The normalized spacial score (nSPS) is 12.1. The van der Waals surface area contributed by atoms with Crippen molar-refractivity contribution in [3.8, 4) is 0 Å². The summed E-state index contributed by atoms with van der Waals surface area (Å²) in [6, 6.07) is 13.7. The van der Waals surface area contributed by atoms with Gasteiger partial charge in [-0.3, -0.25) is 9.13 Å². The third-order valence-electron chi connectivity index (χ3n) is 5.29. The van der Waals surface area contributed by atoms with Crippen LogP contribution in [-0.2, 0) is 20.5 Å². The summed E-state index contributed by atoms with van der Waals surface area (Å²) in [5.41, 5.74) is 3.71. The molecule has 0 amide bonds. The van der Waals surface area contributed by atoms with Gasteiger partial charge in [-0.05, 0) is 68.1 Å². The third-order valence-corrected chi connectivity index (χ3v) is 5.66. The highest BCUT2D eigenvalue weighted by molar-refractivity contribution is 6.31. The van der Waals surface area contributed by atoms with E-state index < -0.39 is 6.10 Å². The van der Waals surface area contributed by atoms with Crippen LogP contribution in [0.3, 0.4) is 0 Å². The molecule has 2 aromatic carbocycles. The van der Waals surface area contributed by atoms with Gasteiger partial charge >= 0.3 is 5.69 Å². The summed E-state index contributed by atoms with van der Waals surface area (Å²) in [7, 11) is 3.52. The lowest BCUT2D eigenvalue weighted by atomic mass is 10.0. The SMILES string of the molecule is Cl.Cn1c(=O)n(C)c2cc(C(O)CCCCNCCc3ccccc3Cl)ccc21. The van der Waals surface area contributed by atoms with Crippen molar-refractivity contribution < 1.29 is 5.11 Å². The number of aliphatic hydroxyl groups is 1. The Morgan fingerprint density at radius 2 is 1.76 bits per heavy atom. The van der Waals surface area contributed by atoms with E-state index in [9.17, 15) is 9.90 Å². The molecule has 2 N–H and O–H groups in total. The van der Waals surface area contributed by atoms with Gasteiger partial charge in [0.2, 0.25) is 0 Å². The average Bonchev–Trinajstić information content (AvgIpc) is 2.92. The molecule has 0 aliphatic heterocycles. The topological polar surface area (TPSA) is 59.2 Å². The maximum absolute atomic E-state index is 12.0. The first-order valence-electron chi connectivity index (χ1n) is 9.76. The molecule has 0 spiro atoms. The van der Waals surface area contributed by atoms with Crippen molar-refractivity contribution in [1.29, 1.82) is 0 Å². The Balaban J connectivity index is 0.00000300. The predicted octanol–water partition coefficient (Wildman–Crippen LogP) is 3.99. The molecule has 1 atom stereocenters. The first kappa shape index (κ1) is 23.5. The van der Waals surface area contributed by atoms with E-state index in [4.69, 9.17) is 11.6 Å². The summed E-state index contributed by atoms with van der Waals surface area (Å²) in [5, 5.41) is 14.8. The van der Waals surface area contributed by atoms with Crippen molar-refractivity contribution in [2.75, 3.05) is 13.1 Å². The van der Waals surface area contributed by atoms with Gasteiger partial charge in [0.05, 0.1) is 17.1 Å². The van der Waals surface area contributed by atoms with E-state index in [1.807, 2.05) is 36.4 Å². The molecule has 1 unspecified atom stereocenters. The minimum atomic E-state index is -0.511. The lowest BCUT2D eigenvalue weighted by molar-refractivity contribution is 0.164. The highest BCUT2D eigenvalue weighted by Crippen LogP contribution is 2.23. The van der Waals surface area contributed by atoms with E-state index >= 15 is 0 Å². The number of fused-ring (bicyclic) bond motifs is 1. The summed E-state index contributed by atoms with van der Waals surface area (Å²) >= 11 is 6.16. The lowest BCUT2D eigenvalue weighted by Gasteiger charge is -2.12. The smallest absolute Gasteiger partial charge is 0.328 e. The monoisotopic (exact) mass is 437 g/mol. The molecule has 5 nitrogen and oxygen atoms in total. The summed E-state index contributed by atoms with van der Waals surface area (Å²) in [6.45, 7) is 1.81. The molecule has 29 heavy (non-hydrogen) atoms. The fourth-order valence-electron chi connectivity index (χ4n) is 3.53. The molecule has 1 aromatic heterocycles. The molecule has 158 valence electrons. The van der Waals surface area contributed by atoms with Gasteiger partial charge in [-0.15, -0.1) is 12.4 Å². The van der Waals surface area contributed by atoms with Gasteiger partial charge in [0, 0.05) is 19.1 Å². The molecule has 0 fully saturated rings. The van der Waals surface area contributed by atoms with Crippen LogP contribution in [0.5, 0.6) is 0 Å². The van der Waals surface area contributed by atoms with Gasteiger partial charge in [0.15, 0.2) is 0 Å². The number of benzene rings is 2.